The number of nitrogens with one attached hydrogen (secondary N) is 2. The molecule has 0 aliphatic carbocycles. The van der Waals surface area contributed by atoms with Crippen LogP contribution in [-0.4, -0.2) is 39.4 Å². The van der Waals surface area contributed by atoms with Crippen molar-refractivity contribution in [2.75, 3.05) is 27.3 Å². The Hall–Kier alpha value is -1.26. The highest BCUT2D eigenvalue weighted by molar-refractivity contribution is 5.42. The number of ether oxygens (including phenoxy) is 2. The van der Waals surface area contributed by atoms with Gasteiger partial charge in [-0.25, -0.2) is 0 Å². The van der Waals surface area contributed by atoms with Gasteiger partial charge in [-0.2, -0.15) is 0 Å². The van der Waals surface area contributed by atoms with Gasteiger partial charge in [-0.05, 0) is 37.6 Å². The van der Waals surface area contributed by atoms with E-state index in [-0.39, 0.29) is 0 Å². The first-order valence-electron chi connectivity index (χ1n) is 7.24. The van der Waals surface area contributed by atoms with Crippen LogP contribution >= 0.6 is 0 Å². The van der Waals surface area contributed by atoms with Crippen LogP contribution in [0.3, 0.4) is 0 Å². The molecule has 0 fully saturated rings. The van der Waals surface area contributed by atoms with Crippen molar-refractivity contribution in [3.05, 3.63) is 23.8 Å². The van der Waals surface area contributed by atoms with Gasteiger partial charge in [0.25, 0.3) is 0 Å². The molecular formula is C16H28N2O2. The lowest BCUT2D eigenvalue weighted by molar-refractivity contribution is 0.354. The number of benzene rings is 1. The number of hydrogen-bond acceptors (Lipinski definition) is 4. The van der Waals surface area contributed by atoms with E-state index in [0.29, 0.717) is 12.1 Å². The minimum atomic E-state index is 0.470. The molecule has 0 amide bonds. The Morgan fingerprint density at radius 1 is 1.00 bits per heavy atom. The van der Waals surface area contributed by atoms with Crippen molar-refractivity contribution >= 4 is 0 Å². The largest absolute Gasteiger partial charge is 0.493 e. The van der Waals surface area contributed by atoms with Gasteiger partial charge in [-0.1, -0.05) is 19.9 Å². The fourth-order valence-electron chi connectivity index (χ4n) is 1.98. The van der Waals surface area contributed by atoms with Crippen LogP contribution < -0.4 is 20.1 Å². The molecule has 20 heavy (non-hydrogen) atoms. The molecular weight excluding hydrogens is 252 g/mol. The summed E-state index contributed by atoms with van der Waals surface area (Å²) >= 11 is 0. The summed E-state index contributed by atoms with van der Waals surface area (Å²) in [5.41, 5.74) is 1.25. The summed E-state index contributed by atoms with van der Waals surface area (Å²) in [4.78, 5) is 0. The predicted octanol–water partition coefficient (Wildman–Crippen LogP) is 2.22. The van der Waals surface area contributed by atoms with E-state index in [0.717, 1.165) is 31.0 Å². The van der Waals surface area contributed by atoms with Crippen molar-refractivity contribution in [3.63, 3.8) is 0 Å². The van der Waals surface area contributed by atoms with Gasteiger partial charge >= 0.3 is 0 Å². The van der Waals surface area contributed by atoms with Crippen molar-refractivity contribution in [3.8, 4) is 11.5 Å². The Morgan fingerprint density at radius 3 is 2.30 bits per heavy atom. The average molecular weight is 280 g/mol. The molecule has 1 unspecified atom stereocenters. The van der Waals surface area contributed by atoms with Gasteiger partial charge in [-0.15, -0.1) is 0 Å². The van der Waals surface area contributed by atoms with E-state index >= 15 is 0 Å². The Kier molecular flexibility index (Phi) is 7.41. The van der Waals surface area contributed by atoms with Crippen LogP contribution in [0.4, 0.5) is 0 Å². The van der Waals surface area contributed by atoms with E-state index in [4.69, 9.17) is 9.47 Å². The Bertz CT molecular complexity index is 394. The van der Waals surface area contributed by atoms with Crippen LogP contribution in [0.15, 0.2) is 18.2 Å². The van der Waals surface area contributed by atoms with E-state index in [9.17, 15) is 0 Å². The molecule has 114 valence electrons. The van der Waals surface area contributed by atoms with Crippen LogP contribution in [-0.2, 0) is 6.42 Å². The summed E-state index contributed by atoms with van der Waals surface area (Å²) in [5, 5.41) is 6.95. The summed E-state index contributed by atoms with van der Waals surface area (Å²) in [6, 6.07) is 7.08. The first-order chi connectivity index (χ1) is 9.56. The molecule has 0 aromatic heterocycles. The summed E-state index contributed by atoms with van der Waals surface area (Å²) < 4.78 is 10.6. The van der Waals surface area contributed by atoms with E-state index in [2.05, 4.69) is 37.5 Å². The smallest absolute Gasteiger partial charge is 0.160 e. The molecule has 0 bridgehead atoms. The van der Waals surface area contributed by atoms with Gasteiger partial charge in [0.2, 0.25) is 0 Å². The molecule has 1 aromatic carbocycles. The molecule has 0 radical (unpaired) electrons. The Labute approximate surface area is 122 Å². The van der Waals surface area contributed by atoms with Gasteiger partial charge in [-0.3, -0.25) is 0 Å². The summed E-state index contributed by atoms with van der Waals surface area (Å²) in [6.07, 6.45) is 0.979. The average Bonchev–Trinajstić information content (AvgIpc) is 2.44. The number of methoxy groups -OCH3 is 2. The lowest BCUT2D eigenvalue weighted by Crippen LogP contribution is -2.39. The first-order valence-corrected chi connectivity index (χ1v) is 7.24. The minimum absolute atomic E-state index is 0.470. The van der Waals surface area contributed by atoms with Crippen LogP contribution in [0, 0.1) is 0 Å². The molecule has 4 heteroatoms. The predicted molar refractivity (Wildman–Crippen MR) is 83.9 cm³/mol. The summed E-state index contributed by atoms with van der Waals surface area (Å²) in [5.74, 6) is 1.57. The second kappa shape index (κ2) is 8.82. The zero-order chi connectivity index (χ0) is 15.0. The molecule has 0 heterocycles. The highest BCUT2D eigenvalue weighted by Crippen LogP contribution is 2.27. The molecule has 0 saturated heterocycles. The molecule has 2 N–H and O–H groups in total. The maximum Gasteiger partial charge on any atom is 0.160 e. The molecule has 0 saturated carbocycles. The van der Waals surface area contributed by atoms with E-state index in [1.165, 1.54) is 5.56 Å². The molecule has 0 spiro atoms. The Balaban J connectivity index is 2.38. The van der Waals surface area contributed by atoms with Crippen molar-refractivity contribution in [2.45, 2.75) is 39.3 Å². The van der Waals surface area contributed by atoms with Crippen LogP contribution in [0.2, 0.25) is 0 Å². The summed E-state index contributed by atoms with van der Waals surface area (Å²) in [6.45, 7) is 8.47. The molecule has 1 aromatic rings. The molecule has 1 rings (SSSR count). The van der Waals surface area contributed by atoms with Gasteiger partial charge in [0, 0.05) is 18.6 Å². The van der Waals surface area contributed by atoms with E-state index < -0.39 is 0 Å². The Morgan fingerprint density at radius 2 is 1.70 bits per heavy atom. The van der Waals surface area contributed by atoms with Gasteiger partial charge in [0.15, 0.2) is 11.5 Å². The quantitative estimate of drug-likeness (QED) is 0.728. The monoisotopic (exact) mass is 280 g/mol. The van der Waals surface area contributed by atoms with E-state index in [1.54, 1.807) is 14.2 Å². The first kappa shape index (κ1) is 16.8. The van der Waals surface area contributed by atoms with Crippen molar-refractivity contribution in [2.24, 2.45) is 0 Å². The van der Waals surface area contributed by atoms with Crippen LogP contribution in [0.1, 0.15) is 26.3 Å². The fourth-order valence-corrected chi connectivity index (χ4v) is 1.98. The molecule has 1 atom stereocenters. The zero-order valence-electron chi connectivity index (χ0n) is 13.3. The highest BCUT2D eigenvalue weighted by atomic mass is 16.5. The maximum absolute atomic E-state index is 5.31. The van der Waals surface area contributed by atoms with Crippen molar-refractivity contribution in [1.82, 2.24) is 10.6 Å². The molecule has 4 nitrogen and oxygen atoms in total. The lowest BCUT2D eigenvalue weighted by atomic mass is 10.1. The normalized spacial score (nSPS) is 12.5. The maximum atomic E-state index is 5.31. The van der Waals surface area contributed by atoms with Gasteiger partial charge < -0.3 is 20.1 Å². The van der Waals surface area contributed by atoms with Crippen LogP contribution in [0.5, 0.6) is 11.5 Å². The van der Waals surface area contributed by atoms with Gasteiger partial charge in [0.05, 0.1) is 14.2 Å². The third-order valence-electron chi connectivity index (χ3n) is 3.19. The van der Waals surface area contributed by atoms with Crippen molar-refractivity contribution < 1.29 is 9.47 Å². The third-order valence-corrected chi connectivity index (χ3v) is 3.19. The van der Waals surface area contributed by atoms with Crippen LogP contribution in [0.25, 0.3) is 0 Å². The van der Waals surface area contributed by atoms with Crippen molar-refractivity contribution in [1.29, 1.82) is 0 Å². The second-order valence-electron chi connectivity index (χ2n) is 5.36. The second-order valence-corrected chi connectivity index (χ2v) is 5.36. The molecule has 0 aliphatic rings. The zero-order valence-corrected chi connectivity index (χ0v) is 13.3. The fraction of sp³-hybridized carbons (Fsp3) is 0.625. The summed E-state index contributed by atoms with van der Waals surface area (Å²) in [7, 11) is 3.32. The highest BCUT2D eigenvalue weighted by Gasteiger charge is 2.05. The number of rotatable bonds is 9. The standard InChI is InChI=1S/C16H28N2O2/c1-12(2)18-11-13(3)17-9-8-14-6-7-15(19-4)16(10-14)20-5/h6-7,10,12-13,17-18H,8-9,11H2,1-5H3. The molecule has 0 aliphatic heterocycles. The van der Waals surface area contributed by atoms with Gasteiger partial charge in [0.1, 0.15) is 0 Å². The van der Waals surface area contributed by atoms with E-state index in [1.807, 2.05) is 12.1 Å². The SMILES string of the molecule is COc1ccc(CCNC(C)CNC(C)C)cc1OC. The number of hydrogen-bond donors (Lipinski definition) is 2. The topological polar surface area (TPSA) is 42.5 Å². The third kappa shape index (κ3) is 5.80. The lowest BCUT2D eigenvalue weighted by Gasteiger charge is -2.16. The minimum Gasteiger partial charge on any atom is -0.493 e.